The van der Waals surface area contributed by atoms with Crippen molar-refractivity contribution in [1.29, 1.82) is 0 Å². The van der Waals surface area contributed by atoms with E-state index in [-0.39, 0.29) is 5.46 Å². The summed E-state index contributed by atoms with van der Waals surface area (Å²) in [4.78, 5) is 11.7. The third kappa shape index (κ3) is 2.70. The molecule has 0 radical (unpaired) electrons. The number of methoxy groups -OCH3 is 1. The molecular formula is C15H20BFO4. The molecule has 1 aliphatic rings. The first-order valence-electron chi connectivity index (χ1n) is 6.83. The van der Waals surface area contributed by atoms with Crippen molar-refractivity contribution in [2.75, 3.05) is 7.11 Å². The van der Waals surface area contributed by atoms with Gasteiger partial charge >= 0.3 is 13.1 Å². The summed E-state index contributed by atoms with van der Waals surface area (Å²) in [6.45, 7) is 9.21. The molecule has 1 saturated heterocycles. The van der Waals surface area contributed by atoms with E-state index in [1.807, 2.05) is 27.7 Å². The number of carbonyl (C=O) groups excluding carboxylic acids is 1. The molecule has 1 fully saturated rings. The first-order valence-corrected chi connectivity index (χ1v) is 6.83. The SMILES string of the molecule is COC(=O)c1cc(B2OC(C)(C)C(C)(C)O2)c(F)cc1C. The fourth-order valence-corrected chi connectivity index (χ4v) is 2.17. The maximum Gasteiger partial charge on any atom is 0.497 e. The molecule has 0 bridgehead atoms. The van der Waals surface area contributed by atoms with Crippen LogP contribution in [0.3, 0.4) is 0 Å². The average Bonchev–Trinajstić information content (AvgIpc) is 2.57. The summed E-state index contributed by atoms with van der Waals surface area (Å²) in [5.41, 5.74) is -0.108. The highest BCUT2D eigenvalue weighted by Crippen LogP contribution is 2.36. The highest BCUT2D eigenvalue weighted by molar-refractivity contribution is 6.62. The Bertz CT molecular complexity index is 567. The van der Waals surface area contributed by atoms with E-state index in [1.165, 1.54) is 19.2 Å². The molecule has 0 aliphatic carbocycles. The second-order valence-electron chi connectivity index (χ2n) is 6.27. The van der Waals surface area contributed by atoms with Crippen LogP contribution in [-0.2, 0) is 14.0 Å². The van der Waals surface area contributed by atoms with Gasteiger partial charge in [-0.2, -0.15) is 0 Å². The Morgan fingerprint density at radius 1 is 1.19 bits per heavy atom. The predicted molar refractivity (Wildman–Crippen MR) is 78.2 cm³/mol. The monoisotopic (exact) mass is 294 g/mol. The van der Waals surface area contributed by atoms with Crippen molar-refractivity contribution in [2.45, 2.75) is 45.8 Å². The van der Waals surface area contributed by atoms with Crippen molar-refractivity contribution >= 4 is 18.6 Å². The van der Waals surface area contributed by atoms with E-state index in [0.717, 1.165) is 0 Å². The van der Waals surface area contributed by atoms with Crippen molar-refractivity contribution in [3.63, 3.8) is 0 Å². The van der Waals surface area contributed by atoms with Crippen LogP contribution >= 0.6 is 0 Å². The fraction of sp³-hybridized carbons (Fsp3) is 0.533. The lowest BCUT2D eigenvalue weighted by molar-refractivity contribution is 0.00578. The largest absolute Gasteiger partial charge is 0.497 e. The Morgan fingerprint density at radius 2 is 1.71 bits per heavy atom. The van der Waals surface area contributed by atoms with E-state index in [9.17, 15) is 9.18 Å². The molecular weight excluding hydrogens is 274 g/mol. The number of esters is 1. The molecule has 1 aliphatic heterocycles. The van der Waals surface area contributed by atoms with Crippen molar-refractivity contribution in [1.82, 2.24) is 0 Å². The van der Waals surface area contributed by atoms with Gasteiger partial charge in [0.05, 0.1) is 23.9 Å². The molecule has 0 spiro atoms. The van der Waals surface area contributed by atoms with E-state index < -0.39 is 30.1 Å². The number of aryl methyl sites for hydroxylation is 1. The van der Waals surface area contributed by atoms with E-state index >= 15 is 0 Å². The van der Waals surface area contributed by atoms with Gasteiger partial charge in [-0.3, -0.25) is 0 Å². The minimum atomic E-state index is -0.848. The van der Waals surface area contributed by atoms with Crippen molar-refractivity contribution in [3.05, 3.63) is 29.1 Å². The van der Waals surface area contributed by atoms with Gasteiger partial charge in [0.1, 0.15) is 5.82 Å². The van der Waals surface area contributed by atoms with Gasteiger partial charge in [0, 0.05) is 5.46 Å². The Morgan fingerprint density at radius 3 is 2.19 bits per heavy atom. The van der Waals surface area contributed by atoms with Gasteiger partial charge < -0.3 is 14.0 Å². The van der Waals surface area contributed by atoms with Crippen molar-refractivity contribution in [2.24, 2.45) is 0 Å². The second kappa shape index (κ2) is 5.11. The lowest BCUT2D eigenvalue weighted by atomic mass is 9.77. The third-order valence-corrected chi connectivity index (χ3v) is 4.26. The van der Waals surface area contributed by atoms with Crippen LogP contribution in [0.5, 0.6) is 0 Å². The molecule has 4 nitrogen and oxygen atoms in total. The second-order valence-corrected chi connectivity index (χ2v) is 6.27. The molecule has 0 amide bonds. The molecule has 6 heteroatoms. The molecule has 2 rings (SSSR count). The summed E-state index contributed by atoms with van der Waals surface area (Å²) >= 11 is 0. The van der Waals surface area contributed by atoms with Crippen LogP contribution in [0.2, 0.25) is 0 Å². The third-order valence-electron chi connectivity index (χ3n) is 4.26. The molecule has 1 aromatic rings. The van der Waals surface area contributed by atoms with Gasteiger partial charge in [-0.25, -0.2) is 9.18 Å². The van der Waals surface area contributed by atoms with Gasteiger partial charge in [0.25, 0.3) is 0 Å². The van der Waals surface area contributed by atoms with Gasteiger partial charge in [-0.05, 0) is 52.3 Å². The Labute approximate surface area is 124 Å². The molecule has 114 valence electrons. The number of rotatable bonds is 2. The van der Waals surface area contributed by atoms with Gasteiger partial charge in [-0.15, -0.1) is 0 Å². The molecule has 21 heavy (non-hydrogen) atoms. The Kier molecular flexibility index (Phi) is 3.89. The van der Waals surface area contributed by atoms with Crippen LogP contribution in [0.15, 0.2) is 12.1 Å². The van der Waals surface area contributed by atoms with Gasteiger partial charge in [-0.1, -0.05) is 0 Å². The smallest absolute Gasteiger partial charge is 0.465 e. The van der Waals surface area contributed by atoms with Crippen LogP contribution in [0, 0.1) is 12.7 Å². The zero-order valence-corrected chi connectivity index (χ0v) is 13.2. The zero-order chi connectivity index (χ0) is 16.0. The molecule has 0 N–H and O–H groups in total. The topological polar surface area (TPSA) is 44.8 Å². The normalized spacial score (nSPS) is 19.7. The van der Waals surface area contributed by atoms with Crippen LogP contribution < -0.4 is 5.46 Å². The number of benzene rings is 1. The number of ether oxygens (including phenoxy) is 1. The van der Waals surface area contributed by atoms with E-state index in [1.54, 1.807) is 6.92 Å². The van der Waals surface area contributed by atoms with Crippen LogP contribution in [0.1, 0.15) is 43.6 Å². The molecule has 1 aromatic carbocycles. The lowest BCUT2D eigenvalue weighted by Crippen LogP contribution is -2.41. The van der Waals surface area contributed by atoms with Gasteiger partial charge in [0.15, 0.2) is 0 Å². The van der Waals surface area contributed by atoms with Crippen molar-refractivity contribution < 1.29 is 23.2 Å². The molecule has 1 heterocycles. The Balaban J connectivity index is 2.44. The zero-order valence-electron chi connectivity index (χ0n) is 13.2. The first kappa shape index (κ1) is 16.0. The summed E-state index contributed by atoms with van der Waals surface area (Å²) in [6, 6.07) is 2.74. The standard InChI is InChI=1S/C15H20BFO4/c1-9-7-12(17)11(8-10(9)13(18)19-6)16-20-14(2,3)15(4,5)21-16/h7-8H,1-6H3. The minimum Gasteiger partial charge on any atom is -0.465 e. The predicted octanol–water partition coefficient (Wildman–Crippen LogP) is 2.22. The average molecular weight is 294 g/mol. The molecule has 0 unspecified atom stereocenters. The van der Waals surface area contributed by atoms with Crippen molar-refractivity contribution in [3.8, 4) is 0 Å². The Hall–Kier alpha value is -1.40. The highest BCUT2D eigenvalue weighted by Gasteiger charge is 2.52. The number of hydrogen-bond donors (Lipinski definition) is 0. The van der Waals surface area contributed by atoms with Crippen LogP contribution in [0.25, 0.3) is 0 Å². The number of hydrogen-bond acceptors (Lipinski definition) is 4. The number of carbonyl (C=O) groups is 1. The summed E-state index contributed by atoms with van der Waals surface area (Å²) in [7, 11) is 0.443. The van der Waals surface area contributed by atoms with E-state index in [0.29, 0.717) is 11.1 Å². The minimum absolute atomic E-state index is 0.208. The molecule has 0 atom stereocenters. The van der Waals surface area contributed by atoms with Gasteiger partial charge in [0.2, 0.25) is 0 Å². The molecule has 0 aromatic heterocycles. The molecule has 0 saturated carbocycles. The maximum absolute atomic E-state index is 14.2. The summed E-state index contributed by atoms with van der Waals surface area (Å²) in [6.07, 6.45) is 0. The van der Waals surface area contributed by atoms with Crippen LogP contribution in [-0.4, -0.2) is 31.4 Å². The highest BCUT2D eigenvalue weighted by atomic mass is 19.1. The van der Waals surface area contributed by atoms with E-state index in [4.69, 9.17) is 14.0 Å². The van der Waals surface area contributed by atoms with Crippen LogP contribution in [0.4, 0.5) is 4.39 Å². The van der Waals surface area contributed by atoms with E-state index in [2.05, 4.69) is 0 Å². The first-order chi connectivity index (χ1) is 9.59. The summed E-state index contributed by atoms with van der Waals surface area (Å²) in [5.74, 6) is -0.969. The maximum atomic E-state index is 14.2. The number of halogens is 1. The quantitative estimate of drug-likeness (QED) is 0.620. The lowest BCUT2D eigenvalue weighted by Gasteiger charge is -2.32. The summed E-state index contributed by atoms with van der Waals surface area (Å²) < 4.78 is 30.6. The summed E-state index contributed by atoms with van der Waals surface area (Å²) in [5, 5.41) is 0. The fourth-order valence-electron chi connectivity index (χ4n) is 2.17.